The molecule has 2 amide bonds. The smallest absolute Gasteiger partial charge is 0.228 e. The fourth-order valence-corrected chi connectivity index (χ4v) is 5.22. The maximum Gasteiger partial charge on any atom is 0.228 e. The molecule has 0 aliphatic carbocycles. The molecule has 0 saturated carbocycles. The lowest BCUT2D eigenvalue weighted by atomic mass is 9.71. The van der Waals surface area contributed by atoms with Gasteiger partial charge in [0.15, 0.2) is 0 Å². The first kappa shape index (κ1) is 19.6. The second kappa shape index (κ2) is 7.97. The van der Waals surface area contributed by atoms with Crippen molar-refractivity contribution in [1.29, 1.82) is 0 Å². The molecule has 29 heavy (non-hydrogen) atoms. The van der Waals surface area contributed by atoms with E-state index in [1.165, 1.54) is 6.33 Å². The summed E-state index contributed by atoms with van der Waals surface area (Å²) in [6, 6.07) is 8.22. The van der Waals surface area contributed by atoms with E-state index in [0.29, 0.717) is 19.5 Å². The molecule has 3 heterocycles. The van der Waals surface area contributed by atoms with Gasteiger partial charge >= 0.3 is 0 Å². The van der Waals surface area contributed by atoms with E-state index in [2.05, 4.69) is 22.3 Å². The molecule has 3 atom stereocenters. The average Bonchev–Trinajstić information content (AvgIpc) is 3.45. The van der Waals surface area contributed by atoms with Crippen LogP contribution >= 0.6 is 0 Å². The molecule has 0 spiro atoms. The summed E-state index contributed by atoms with van der Waals surface area (Å²) in [5.74, 6) is 0.221. The van der Waals surface area contributed by atoms with E-state index < -0.39 is 5.41 Å². The van der Waals surface area contributed by atoms with Gasteiger partial charge in [0.2, 0.25) is 11.8 Å². The van der Waals surface area contributed by atoms with Crippen LogP contribution in [0.5, 0.6) is 0 Å². The normalized spacial score (nSPS) is 25.4. The number of fused-ring (bicyclic) bond motifs is 2. The molecule has 7 nitrogen and oxygen atoms in total. The van der Waals surface area contributed by atoms with Gasteiger partial charge in [0, 0.05) is 18.6 Å². The molecule has 1 aromatic carbocycles. The zero-order valence-corrected chi connectivity index (χ0v) is 17.2. The summed E-state index contributed by atoms with van der Waals surface area (Å²) in [5.41, 5.74) is 1.73. The van der Waals surface area contributed by atoms with Crippen LogP contribution in [0.15, 0.2) is 36.9 Å². The van der Waals surface area contributed by atoms with Gasteiger partial charge in [-0.1, -0.05) is 31.2 Å². The van der Waals surface area contributed by atoms with Crippen molar-refractivity contribution >= 4 is 11.8 Å². The van der Waals surface area contributed by atoms with E-state index in [-0.39, 0.29) is 23.9 Å². The molecule has 1 N–H and O–H groups in total. The van der Waals surface area contributed by atoms with Crippen molar-refractivity contribution in [2.24, 2.45) is 5.41 Å². The van der Waals surface area contributed by atoms with Gasteiger partial charge in [-0.2, -0.15) is 5.10 Å². The van der Waals surface area contributed by atoms with Crippen molar-refractivity contribution in [3.63, 3.8) is 0 Å². The van der Waals surface area contributed by atoms with Crippen molar-refractivity contribution in [3.8, 4) is 0 Å². The maximum absolute atomic E-state index is 13.2. The monoisotopic (exact) mass is 395 g/mol. The first-order valence-electron chi connectivity index (χ1n) is 10.5. The molecule has 1 aromatic heterocycles. The minimum atomic E-state index is -0.479. The van der Waals surface area contributed by atoms with Crippen molar-refractivity contribution in [2.45, 2.75) is 64.6 Å². The Kier molecular flexibility index (Phi) is 5.39. The first-order valence-corrected chi connectivity index (χ1v) is 10.5. The Balaban J connectivity index is 1.44. The average molecular weight is 396 g/mol. The Hall–Kier alpha value is -2.70. The third kappa shape index (κ3) is 3.54. The van der Waals surface area contributed by atoms with Crippen molar-refractivity contribution in [1.82, 2.24) is 25.0 Å². The topological polar surface area (TPSA) is 80.1 Å². The highest BCUT2D eigenvalue weighted by molar-refractivity contribution is 5.87. The molecule has 2 aliphatic rings. The molecule has 2 aliphatic heterocycles. The number of hydrogen-bond donors (Lipinski definition) is 1. The van der Waals surface area contributed by atoms with Crippen LogP contribution in [0, 0.1) is 12.3 Å². The Bertz CT molecular complexity index is 881. The van der Waals surface area contributed by atoms with Crippen LogP contribution in [0.4, 0.5) is 0 Å². The highest BCUT2D eigenvalue weighted by atomic mass is 16.2. The SMILES string of the molecule is CC[C@@]1(C(=O)NCCn2cncn2)C[C@@H]2CC[C@H]1N2C(=O)Cc1ccccc1C. The summed E-state index contributed by atoms with van der Waals surface area (Å²) in [6.07, 6.45) is 6.97. The fourth-order valence-electron chi connectivity index (χ4n) is 5.22. The minimum Gasteiger partial charge on any atom is -0.354 e. The number of rotatable bonds is 7. The Morgan fingerprint density at radius 1 is 1.28 bits per heavy atom. The lowest BCUT2D eigenvalue weighted by molar-refractivity contribution is -0.136. The third-order valence-corrected chi connectivity index (χ3v) is 6.81. The van der Waals surface area contributed by atoms with Crippen LogP contribution in [0.2, 0.25) is 0 Å². The van der Waals surface area contributed by atoms with Gasteiger partial charge in [-0.15, -0.1) is 0 Å². The molecule has 154 valence electrons. The molecule has 4 rings (SSSR count). The van der Waals surface area contributed by atoms with E-state index >= 15 is 0 Å². The lowest BCUT2D eigenvalue weighted by Crippen LogP contribution is -2.50. The molecule has 2 fully saturated rings. The second-order valence-corrected chi connectivity index (χ2v) is 8.28. The Labute approximate surface area is 171 Å². The highest BCUT2D eigenvalue weighted by Gasteiger charge is 2.59. The number of carbonyl (C=O) groups excluding carboxylic acids is 2. The standard InChI is InChI=1S/C22H29N5O2/c1-3-22(21(29)24-10-11-26-15-23-14-25-26)13-18-8-9-19(22)27(18)20(28)12-17-7-5-4-6-16(17)2/h4-7,14-15,18-19H,3,8-13H2,1-2H3,(H,24,29)/t18-,19+,22+/m0/s1. The minimum absolute atomic E-state index is 0.000360. The number of aryl methyl sites for hydroxylation is 1. The van der Waals surface area contributed by atoms with Gasteiger partial charge < -0.3 is 10.2 Å². The van der Waals surface area contributed by atoms with Gasteiger partial charge in [-0.05, 0) is 43.7 Å². The molecular formula is C22H29N5O2. The number of aromatic nitrogens is 3. The summed E-state index contributed by atoms with van der Waals surface area (Å²) >= 11 is 0. The van der Waals surface area contributed by atoms with Crippen LogP contribution in [0.1, 0.15) is 43.7 Å². The van der Waals surface area contributed by atoms with E-state index in [9.17, 15) is 9.59 Å². The number of amides is 2. The van der Waals surface area contributed by atoms with E-state index in [4.69, 9.17) is 0 Å². The predicted molar refractivity (Wildman–Crippen MR) is 109 cm³/mol. The van der Waals surface area contributed by atoms with E-state index in [1.54, 1.807) is 11.0 Å². The summed E-state index contributed by atoms with van der Waals surface area (Å²) in [4.78, 5) is 32.4. The van der Waals surface area contributed by atoms with E-state index in [1.807, 2.05) is 36.1 Å². The highest BCUT2D eigenvalue weighted by Crippen LogP contribution is 2.52. The van der Waals surface area contributed by atoms with Crippen LogP contribution in [0.25, 0.3) is 0 Å². The molecule has 0 radical (unpaired) electrons. The summed E-state index contributed by atoms with van der Waals surface area (Å²) in [5, 5.41) is 7.16. The zero-order chi connectivity index (χ0) is 20.4. The Morgan fingerprint density at radius 3 is 2.83 bits per heavy atom. The van der Waals surface area contributed by atoms with Crippen molar-refractivity contribution in [2.75, 3.05) is 6.54 Å². The summed E-state index contributed by atoms with van der Waals surface area (Å²) < 4.78 is 1.71. The quantitative estimate of drug-likeness (QED) is 0.779. The molecule has 0 unspecified atom stereocenters. The molecular weight excluding hydrogens is 366 g/mol. The van der Waals surface area contributed by atoms with Crippen molar-refractivity contribution in [3.05, 3.63) is 48.0 Å². The maximum atomic E-state index is 13.2. The van der Waals surface area contributed by atoms with E-state index in [0.717, 1.165) is 36.8 Å². The van der Waals surface area contributed by atoms with Crippen LogP contribution in [-0.2, 0) is 22.6 Å². The Morgan fingerprint density at radius 2 is 2.10 bits per heavy atom. The summed E-state index contributed by atoms with van der Waals surface area (Å²) in [6.45, 7) is 5.22. The van der Waals surface area contributed by atoms with Crippen LogP contribution in [-0.4, -0.2) is 50.1 Å². The third-order valence-electron chi connectivity index (χ3n) is 6.81. The first-order chi connectivity index (χ1) is 14.0. The second-order valence-electron chi connectivity index (χ2n) is 8.28. The number of hydrogen-bond acceptors (Lipinski definition) is 4. The van der Waals surface area contributed by atoms with Gasteiger partial charge in [-0.25, -0.2) is 4.98 Å². The fraction of sp³-hybridized carbons (Fsp3) is 0.545. The number of benzene rings is 1. The molecule has 2 bridgehead atoms. The molecule has 2 aromatic rings. The van der Waals surface area contributed by atoms with Crippen LogP contribution < -0.4 is 5.32 Å². The largest absolute Gasteiger partial charge is 0.354 e. The molecule has 7 heteroatoms. The van der Waals surface area contributed by atoms with Gasteiger partial charge in [-0.3, -0.25) is 14.3 Å². The van der Waals surface area contributed by atoms with Gasteiger partial charge in [0.05, 0.1) is 18.4 Å². The van der Waals surface area contributed by atoms with Crippen LogP contribution in [0.3, 0.4) is 0 Å². The number of nitrogens with zero attached hydrogens (tertiary/aromatic N) is 4. The number of carbonyl (C=O) groups is 2. The predicted octanol–water partition coefficient (Wildman–Crippen LogP) is 2.11. The molecule has 2 saturated heterocycles. The zero-order valence-electron chi connectivity index (χ0n) is 17.2. The van der Waals surface area contributed by atoms with Gasteiger partial charge in [0.1, 0.15) is 12.7 Å². The lowest BCUT2D eigenvalue weighted by Gasteiger charge is -2.35. The van der Waals surface area contributed by atoms with Crippen molar-refractivity contribution < 1.29 is 9.59 Å². The van der Waals surface area contributed by atoms with Gasteiger partial charge in [0.25, 0.3) is 0 Å². The number of nitrogens with one attached hydrogen (secondary N) is 1. The summed E-state index contributed by atoms with van der Waals surface area (Å²) in [7, 11) is 0.